The van der Waals surface area contributed by atoms with Gasteiger partial charge in [-0.3, -0.25) is 0 Å². The van der Waals surface area contributed by atoms with E-state index in [0.717, 1.165) is 25.8 Å². The van der Waals surface area contributed by atoms with Gasteiger partial charge in [-0.1, -0.05) is 0 Å². The van der Waals surface area contributed by atoms with Crippen LogP contribution in [0.4, 0.5) is 11.9 Å². The molecule has 0 saturated heterocycles. The van der Waals surface area contributed by atoms with Crippen LogP contribution < -0.4 is 15.8 Å². The van der Waals surface area contributed by atoms with Crippen molar-refractivity contribution in [2.45, 2.75) is 39.2 Å². The summed E-state index contributed by atoms with van der Waals surface area (Å²) in [5.41, 5.74) is 5.57. The van der Waals surface area contributed by atoms with Gasteiger partial charge in [0.15, 0.2) is 0 Å². The molecule has 1 rings (SSSR count). The van der Waals surface area contributed by atoms with E-state index < -0.39 is 0 Å². The largest absolute Gasteiger partial charge is 0.461 e. The summed E-state index contributed by atoms with van der Waals surface area (Å²) in [4.78, 5) is 12.0. The smallest absolute Gasteiger partial charge is 0.323 e. The van der Waals surface area contributed by atoms with Crippen LogP contribution >= 0.6 is 0 Å². The van der Waals surface area contributed by atoms with Gasteiger partial charge < -0.3 is 20.9 Å². The van der Waals surface area contributed by atoms with Crippen molar-refractivity contribution in [2.75, 3.05) is 24.2 Å². The van der Waals surface area contributed by atoms with Crippen LogP contribution in [0.1, 0.15) is 33.1 Å². The molecule has 0 aliphatic heterocycles. The summed E-state index contributed by atoms with van der Waals surface area (Å²) in [6.07, 6.45) is 2.69. The maximum atomic E-state index is 8.65. The van der Waals surface area contributed by atoms with Crippen molar-refractivity contribution in [1.29, 1.82) is 0 Å². The normalized spacial score (nSPS) is 10.7. The predicted molar refractivity (Wildman–Crippen MR) is 69.4 cm³/mol. The summed E-state index contributed by atoms with van der Waals surface area (Å²) in [6.45, 7) is 4.74. The van der Waals surface area contributed by atoms with Gasteiger partial charge in [-0.2, -0.15) is 15.0 Å². The Balaban J connectivity index is 2.46. The third-order valence-electron chi connectivity index (χ3n) is 2.09. The van der Waals surface area contributed by atoms with E-state index in [-0.39, 0.29) is 24.7 Å². The lowest BCUT2D eigenvalue weighted by Gasteiger charge is -2.09. The molecule has 1 aromatic rings. The van der Waals surface area contributed by atoms with Crippen LogP contribution in [0.25, 0.3) is 0 Å². The number of nitrogens with zero attached hydrogens (tertiary/aromatic N) is 3. The summed E-state index contributed by atoms with van der Waals surface area (Å²) in [7, 11) is 0. The van der Waals surface area contributed by atoms with Crippen LogP contribution in [0.15, 0.2) is 0 Å². The zero-order valence-corrected chi connectivity index (χ0v) is 10.9. The quantitative estimate of drug-likeness (QED) is 0.590. The molecule has 1 heterocycles. The monoisotopic (exact) mass is 255 g/mol. The molecule has 0 saturated carbocycles. The molecule has 0 spiro atoms. The van der Waals surface area contributed by atoms with Crippen LogP contribution in [-0.4, -0.2) is 39.3 Å². The number of rotatable bonds is 8. The van der Waals surface area contributed by atoms with Gasteiger partial charge >= 0.3 is 6.01 Å². The molecule has 0 aliphatic carbocycles. The molecule has 0 aromatic carbocycles. The molecule has 7 nitrogen and oxygen atoms in total. The number of nitrogen functional groups attached to an aromatic ring is 1. The standard InChI is InChI=1S/C11H21N5O2/c1-8(2)18-11-15-9(12)14-10(16-11)13-6-4-3-5-7-17/h8,17H,3-7H2,1-2H3,(H3,12,13,14,15,16). The van der Waals surface area contributed by atoms with E-state index in [2.05, 4.69) is 20.3 Å². The molecule has 0 fully saturated rings. The maximum Gasteiger partial charge on any atom is 0.323 e. The van der Waals surface area contributed by atoms with Gasteiger partial charge in [0.25, 0.3) is 0 Å². The fourth-order valence-electron chi connectivity index (χ4n) is 1.33. The van der Waals surface area contributed by atoms with Crippen LogP contribution in [0.5, 0.6) is 6.01 Å². The number of aromatic nitrogens is 3. The topological polar surface area (TPSA) is 106 Å². The fourth-order valence-corrected chi connectivity index (χ4v) is 1.33. The number of ether oxygens (including phenoxy) is 1. The molecule has 0 amide bonds. The highest BCUT2D eigenvalue weighted by molar-refractivity contribution is 5.32. The van der Waals surface area contributed by atoms with Gasteiger partial charge in [0, 0.05) is 13.2 Å². The van der Waals surface area contributed by atoms with Crippen molar-refractivity contribution in [3.05, 3.63) is 0 Å². The lowest BCUT2D eigenvalue weighted by molar-refractivity contribution is 0.222. The average molecular weight is 255 g/mol. The van der Waals surface area contributed by atoms with E-state index >= 15 is 0 Å². The van der Waals surface area contributed by atoms with Crippen molar-refractivity contribution in [2.24, 2.45) is 0 Å². The van der Waals surface area contributed by atoms with Crippen molar-refractivity contribution >= 4 is 11.9 Å². The first-order valence-corrected chi connectivity index (χ1v) is 6.14. The Bertz CT molecular complexity index is 359. The SMILES string of the molecule is CC(C)Oc1nc(N)nc(NCCCCCO)n1. The Kier molecular flexibility index (Phi) is 6.13. The second-order valence-corrected chi connectivity index (χ2v) is 4.18. The number of aliphatic hydroxyl groups excluding tert-OH is 1. The summed E-state index contributed by atoms with van der Waals surface area (Å²) in [5, 5.41) is 11.7. The van der Waals surface area contributed by atoms with Crippen LogP contribution in [0.3, 0.4) is 0 Å². The second-order valence-electron chi connectivity index (χ2n) is 4.18. The first kappa shape index (κ1) is 14.4. The molecular weight excluding hydrogens is 234 g/mol. The molecule has 4 N–H and O–H groups in total. The number of hydrogen-bond acceptors (Lipinski definition) is 7. The molecule has 18 heavy (non-hydrogen) atoms. The van der Waals surface area contributed by atoms with Gasteiger partial charge in [0.2, 0.25) is 11.9 Å². The zero-order chi connectivity index (χ0) is 13.4. The number of aliphatic hydroxyl groups is 1. The minimum atomic E-state index is -0.01000. The number of nitrogens with two attached hydrogens (primary N) is 1. The minimum Gasteiger partial charge on any atom is -0.461 e. The Morgan fingerprint density at radius 2 is 2.00 bits per heavy atom. The number of nitrogens with one attached hydrogen (secondary N) is 1. The highest BCUT2D eigenvalue weighted by atomic mass is 16.5. The minimum absolute atomic E-state index is 0.01000. The van der Waals surface area contributed by atoms with Crippen molar-refractivity contribution < 1.29 is 9.84 Å². The van der Waals surface area contributed by atoms with E-state index in [1.54, 1.807) is 0 Å². The summed E-state index contributed by atoms with van der Waals surface area (Å²) >= 11 is 0. The highest BCUT2D eigenvalue weighted by Crippen LogP contribution is 2.10. The van der Waals surface area contributed by atoms with E-state index in [4.69, 9.17) is 15.6 Å². The van der Waals surface area contributed by atoms with E-state index in [9.17, 15) is 0 Å². The summed E-state index contributed by atoms with van der Waals surface area (Å²) < 4.78 is 5.37. The Morgan fingerprint density at radius 1 is 1.22 bits per heavy atom. The molecule has 102 valence electrons. The first-order chi connectivity index (χ1) is 8.61. The fraction of sp³-hybridized carbons (Fsp3) is 0.727. The van der Waals surface area contributed by atoms with Gasteiger partial charge in [-0.15, -0.1) is 0 Å². The molecule has 0 atom stereocenters. The van der Waals surface area contributed by atoms with E-state index in [1.165, 1.54) is 0 Å². The molecule has 0 unspecified atom stereocenters. The van der Waals surface area contributed by atoms with E-state index in [0.29, 0.717) is 5.95 Å². The molecule has 0 radical (unpaired) electrons. The summed E-state index contributed by atoms with van der Waals surface area (Å²) in [6, 6.07) is 0.232. The maximum absolute atomic E-state index is 8.65. The molecule has 0 aliphatic rings. The van der Waals surface area contributed by atoms with Gasteiger partial charge in [-0.05, 0) is 33.1 Å². The molecule has 1 aromatic heterocycles. The Morgan fingerprint density at radius 3 is 2.67 bits per heavy atom. The number of unbranched alkanes of at least 4 members (excludes halogenated alkanes) is 2. The molecule has 0 bridgehead atoms. The second kappa shape index (κ2) is 7.65. The van der Waals surface area contributed by atoms with Crippen LogP contribution in [0.2, 0.25) is 0 Å². The van der Waals surface area contributed by atoms with Gasteiger partial charge in [-0.25, -0.2) is 0 Å². The van der Waals surface area contributed by atoms with Crippen LogP contribution in [-0.2, 0) is 0 Å². The van der Waals surface area contributed by atoms with E-state index in [1.807, 2.05) is 13.8 Å². The number of anilines is 2. The lowest BCUT2D eigenvalue weighted by Crippen LogP contribution is -2.13. The number of hydrogen-bond donors (Lipinski definition) is 3. The summed E-state index contributed by atoms with van der Waals surface area (Å²) in [5.74, 6) is 0.556. The third-order valence-corrected chi connectivity index (χ3v) is 2.09. The average Bonchev–Trinajstić information content (AvgIpc) is 2.27. The third kappa shape index (κ3) is 5.62. The Hall–Kier alpha value is -1.63. The zero-order valence-electron chi connectivity index (χ0n) is 10.9. The van der Waals surface area contributed by atoms with Gasteiger partial charge in [0.1, 0.15) is 0 Å². The molecule has 7 heteroatoms. The van der Waals surface area contributed by atoms with Crippen molar-refractivity contribution in [3.8, 4) is 6.01 Å². The van der Waals surface area contributed by atoms with Crippen LogP contribution in [0, 0.1) is 0 Å². The van der Waals surface area contributed by atoms with Crippen molar-refractivity contribution in [3.63, 3.8) is 0 Å². The highest BCUT2D eigenvalue weighted by Gasteiger charge is 2.06. The molecular formula is C11H21N5O2. The first-order valence-electron chi connectivity index (χ1n) is 6.14. The predicted octanol–water partition coefficient (Wildman–Crippen LogP) is 0.815. The lowest BCUT2D eigenvalue weighted by atomic mass is 10.2. The van der Waals surface area contributed by atoms with Crippen molar-refractivity contribution in [1.82, 2.24) is 15.0 Å². The Labute approximate surface area is 107 Å². The van der Waals surface area contributed by atoms with Gasteiger partial charge in [0.05, 0.1) is 6.10 Å².